The van der Waals surface area contributed by atoms with Crippen molar-refractivity contribution in [3.63, 3.8) is 0 Å². The van der Waals surface area contributed by atoms with Crippen LogP contribution < -0.4 is 0 Å². The van der Waals surface area contributed by atoms with Gasteiger partial charge in [0.2, 0.25) is 0 Å². The van der Waals surface area contributed by atoms with Crippen molar-refractivity contribution in [3.8, 4) is 0 Å². The predicted octanol–water partition coefficient (Wildman–Crippen LogP) is 5.23. The van der Waals surface area contributed by atoms with Gasteiger partial charge in [-0.3, -0.25) is 0 Å². The topological polar surface area (TPSA) is 0 Å². The van der Waals surface area contributed by atoms with Gasteiger partial charge in [-0.1, -0.05) is 79.6 Å². The van der Waals surface area contributed by atoms with Gasteiger partial charge in [-0.2, -0.15) is 0 Å². The molecule has 0 fully saturated rings. The number of rotatable bonds is 4. The van der Waals surface area contributed by atoms with Crippen LogP contribution in [0.15, 0.2) is 60.7 Å². The molecule has 0 amide bonds. The molecule has 0 atom stereocenters. The second kappa shape index (κ2) is 6.20. The van der Waals surface area contributed by atoms with Crippen LogP contribution in [0.5, 0.6) is 0 Å². The summed E-state index contributed by atoms with van der Waals surface area (Å²) < 4.78 is 0. The van der Waals surface area contributed by atoms with Gasteiger partial charge in [-0.25, -0.2) is 0 Å². The lowest BCUT2D eigenvalue weighted by Crippen LogP contribution is -1.88. The van der Waals surface area contributed by atoms with Crippen LogP contribution in [0.4, 0.5) is 0 Å². The van der Waals surface area contributed by atoms with Crippen LogP contribution in [0.1, 0.15) is 36.5 Å². The van der Waals surface area contributed by atoms with E-state index in [1.165, 1.54) is 28.7 Å². The third kappa shape index (κ3) is 3.10. The Bertz CT molecular complexity index is 503. The molecular weight excluding hydrogens is 216 g/mol. The Balaban J connectivity index is 2.40. The molecule has 0 aliphatic rings. The molecule has 2 aromatic carbocycles. The maximum absolute atomic E-state index is 2.35. The van der Waals surface area contributed by atoms with Gasteiger partial charge in [-0.15, -0.1) is 0 Å². The summed E-state index contributed by atoms with van der Waals surface area (Å²) in [6, 6.07) is 19.4. The first-order valence-corrected chi connectivity index (χ1v) is 6.64. The van der Waals surface area contributed by atoms with Crippen molar-refractivity contribution in [3.05, 3.63) is 77.4 Å². The van der Waals surface area contributed by atoms with E-state index in [0.29, 0.717) is 0 Å². The molecule has 2 aromatic rings. The zero-order valence-electron chi connectivity index (χ0n) is 11.2. The third-order valence-electron chi connectivity index (χ3n) is 3.08. The van der Waals surface area contributed by atoms with Gasteiger partial charge in [-0.05, 0) is 30.0 Å². The molecule has 0 aromatic heterocycles. The number of benzene rings is 2. The molecule has 0 aliphatic heterocycles. The van der Waals surface area contributed by atoms with E-state index in [-0.39, 0.29) is 0 Å². The second-order valence-electron chi connectivity index (χ2n) is 4.64. The lowest BCUT2D eigenvalue weighted by molar-refractivity contribution is 0.960. The molecule has 0 unspecified atom stereocenters. The van der Waals surface area contributed by atoms with Crippen LogP contribution in [-0.2, 0) is 0 Å². The Labute approximate surface area is 110 Å². The van der Waals surface area contributed by atoms with Crippen molar-refractivity contribution in [2.24, 2.45) is 0 Å². The molecule has 0 saturated heterocycles. The molecule has 0 heteroatoms. The van der Waals surface area contributed by atoms with E-state index in [4.69, 9.17) is 0 Å². The summed E-state index contributed by atoms with van der Waals surface area (Å²) in [5, 5.41) is 0. The standard InChI is InChI=1S/C18H20/c1-3-4-10-18(16-8-6-5-7-9-16)17-13-11-15(2)12-14-17/h5-14H,3-4H2,1-2H3/b18-10-. The van der Waals surface area contributed by atoms with Gasteiger partial charge in [0.15, 0.2) is 0 Å². The Hall–Kier alpha value is -1.82. The summed E-state index contributed by atoms with van der Waals surface area (Å²) in [5.74, 6) is 0. The molecule has 0 saturated carbocycles. The highest BCUT2D eigenvalue weighted by molar-refractivity contribution is 5.79. The zero-order valence-corrected chi connectivity index (χ0v) is 11.2. The van der Waals surface area contributed by atoms with Crippen LogP contribution in [0, 0.1) is 6.92 Å². The molecule has 2 rings (SSSR count). The number of allylic oxidation sites excluding steroid dienone is 1. The maximum atomic E-state index is 2.35. The summed E-state index contributed by atoms with van der Waals surface area (Å²) in [4.78, 5) is 0. The molecule has 0 nitrogen and oxygen atoms in total. The lowest BCUT2D eigenvalue weighted by Gasteiger charge is -2.09. The molecule has 0 radical (unpaired) electrons. The summed E-state index contributed by atoms with van der Waals surface area (Å²) in [5.41, 5.74) is 5.26. The fourth-order valence-electron chi connectivity index (χ4n) is 2.04. The van der Waals surface area contributed by atoms with Gasteiger partial charge in [0.25, 0.3) is 0 Å². The fraction of sp³-hybridized carbons (Fsp3) is 0.222. The second-order valence-corrected chi connectivity index (χ2v) is 4.64. The number of aryl methyl sites for hydroxylation is 1. The highest BCUT2D eigenvalue weighted by Crippen LogP contribution is 2.24. The van der Waals surface area contributed by atoms with E-state index in [9.17, 15) is 0 Å². The quantitative estimate of drug-likeness (QED) is 0.682. The highest BCUT2D eigenvalue weighted by Gasteiger charge is 2.03. The average Bonchev–Trinajstić information content (AvgIpc) is 2.42. The van der Waals surface area contributed by atoms with Gasteiger partial charge in [0.1, 0.15) is 0 Å². The lowest BCUT2D eigenvalue weighted by atomic mass is 9.96. The first kappa shape index (κ1) is 12.6. The van der Waals surface area contributed by atoms with Crippen molar-refractivity contribution in [1.29, 1.82) is 0 Å². The van der Waals surface area contributed by atoms with Gasteiger partial charge >= 0.3 is 0 Å². The maximum Gasteiger partial charge on any atom is -0.0151 e. The largest absolute Gasteiger partial charge is 0.0761 e. The number of unbranched alkanes of at least 4 members (excludes halogenated alkanes) is 1. The highest BCUT2D eigenvalue weighted by atomic mass is 14.1. The molecule has 18 heavy (non-hydrogen) atoms. The Kier molecular flexibility index (Phi) is 4.35. The molecule has 0 bridgehead atoms. The van der Waals surface area contributed by atoms with E-state index < -0.39 is 0 Å². The van der Waals surface area contributed by atoms with E-state index in [1.54, 1.807) is 0 Å². The average molecular weight is 236 g/mol. The van der Waals surface area contributed by atoms with Crippen LogP contribution in [0.3, 0.4) is 0 Å². The van der Waals surface area contributed by atoms with E-state index >= 15 is 0 Å². The molecular formula is C18H20. The minimum Gasteiger partial charge on any atom is -0.0761 e. The summed E-state index contributed by atoms with van der Waals surface area (Å²) >= 11 is 0. The van der Waals surface area contributed by atoms with Crippen LogP contribution >= 0.6 is 0 Å². The first-order valence-electron chi connectivity index (χ1n) is 6.64. The number of hydrogen-bond acceptors (Lipinski definition) is 0. The van der Waals surface area contributed by atoms with Crippen molar-refractivity contribution in [2.45, 2.75) is 26.7 Å². The minimum atomic E-state index is 1.12. The summed E-state index contributed by atoms with van der Waals surface area (Å²) in [6.07, 6.45) is 4.65. The first-order chi connectivity index (χ1) is 8.81. The van der Waals surface area contributed by atoms with Crippen molar-refractivity contribution < 1.29 is 0 Å². The summed E-state index contributed by atoms with van der Waals surface area (Å²) in [7, 11) is 0. The fourth-order valence-corrected chi connectivity index (χ4v) is 2.04. The molecule has 0 N–H and O–H groups in total. The molecule has 0 aliphatic carbocycles. The molecule has 0 spiro atoms. The Morgan fingerprint density at radius 1 is 0.889 bits per heavy atom. The Morgan fingerprint density at radius 2 is 1.50 bits per heavy atom. The zero-order chi connectivity index (χ0) is 12.8. The van der Waals surface area contributed by atoms with Crippen molar-refractivity contribution >= 4 is 5.57 Å². The van der Waals surface area contributed by atoms with E-state index in [0.717, 1.165) is 6.42 Å². The van der Waals surface area contributed by atoms with Crippen LogP contribution in [-0.4, -0.2) is 0 Å². The van der Waals surface area contributed by atoms with Crippen LogP contribution in [0.25, 0.3) is 5.57 Å². The minimum absolute atomic E-state index is 1.12. The summed E-state index contributed by atoms with van der Waals surface area (Å²) in [6.45, 7) is 4.34. The van der Waals surface area contributed by atoms with E-state index in [1.807, 2.05) is 0 Å². The number of hydrogen-bond donors (Lipinski definition) is 0. The van der Waals surface area contributed by atoms with Gasteiger partial charge < -0.3 is 0 Å². The van der Waals surface area contributed by atoms with Crippen molar-refractivity contribution in [2.75, 3.05) is 0 Å². The van der Waals surface area contributed by atoms with Gasteiger partial charge in [0.05, 0.1) is 0 Å². The Morgan fingerprint density at radius 3 is 2.11 bits per heavy atom. The predicted molar refractivity (Wildman–Crippen MR) is 79.6 cm³/mol. The SMILES string of the molecule is CCC/C=C(/c1ccccc1)c1ccc(C)cc1. The smallest absolute Gasteiger partial charge is 0.0151 e. The molecule has 92 valence electrons. The van der Waals surface area contributed by atoms with E-state index in [2.05, 4.69) is 74.5 Å². The molecule has 0 heterocycles. The van der Waals surface area contributed by atoms with Crippen LogP contribution in [0.2, 0.25) is 0 Å². The normalized spacial score (nSPS) is 11.6. The third-order valence-corrected chi connectivity index (χ3v) is 3.08. The van der Waals surface area contributed by atoms with Gasteiger partial charge in [0, 0.05) is 0 Å². The van der Waals surface area contributed by atoms with Crippen molar-refractivity contribution in [1.82, 2.24) is 0 Å². The monoisotopic (exact) mass is 236 g/mol.